The molecule has 2 aliphatic heterocycles. The topological polar surface area (TPSA) is 122 Å². The second kappa shape index (κ2) is 10.4. The van der Waals surface area contributed by atoms with Crippen molar-refractivity contribution in [2.75, 3.05) is 13.2 Å². The first kappa shape index (κ1) is 24.3. The normalized spacial score (nSPS) is 38.4. The maximum Gasteiger partial charge on any atom is 0.268 e. The lowest BCUT2D eigenvalue weighted by atomic mass is 9.91. The van der Waals surface area contributed by atoms with Gasteiger partial charge in [-0.25, -0.2) is 0 Å². The third-order valence-corrected chi connectivity index (χ3v) is 5.34. The lowest BCUT2D eigenvalue weighted by molar-refractivity contribution is -0.234. The molecule has 9 nitrogen and oxygen atoms in total. The summed E-state index contributed by atoms with van der Waals surface area (Å²) in [5, 5.41) is 0. The quantitative estimate of drug-likeness (QED) is 0.374. The Labute approximate surface area is 169 Å². The van der Waals surface area contributed by atoms with Gasteiger partial charge in [0.15, 0.2) is 0 Å². The van der Waals surface area contributed by atoms with Gasteiger partial charge in [0.1, 0.15) is 34.0 Å². The van der Waals surface area contributed by atoms with Gasteiger partial charge >= 0.3 is 0 Å². The van der Waals surface area contributed by atoms with E-state index >= 15 is 0 Å². The molecule has 4 radical (unpaired) electrons. The van der Waals surface area contributed by atoms with Crippen LogP contribution in [0.25, 0.3) is 0 Å². The van der Waals surface area contributed by atoms with Crippen molar-refractivity contribution in [3.63, 3.8) is 0 Å². The van der Waals surface area contributed by atoms with Gasteiger partial charge in [0.05, 0.1) is 37.6 Å². The van der Waals surface area contributed by atoms with Crippen LogP contribution in [0, 0.1) is 0 Å². The van der Waals surface area contributed by atoms with E-state index in [2.05, 4.69) is 0 Å². The number of ether oxygens (including phenoxy) is 4. The van der Waals surface area contributed by atoms with E-state index in [1.54, 1.807) is 0 Å². The standard InChI is InChI=1S/C16H30B2NO8P/c1-8(2)22-6-12-15(14(19)16(18)26-12)27-28(20,21)23-7-11-10(24-9(3)4)5-13(17)25-11/h8-16H,5-7,19H2,1-4H3,(H,20,21)/p-1/t10?,11-,12-,13-,14?,15?,16-/m1/s1. The molecule has 2 N–H and O–H groups in total. The third kappa shape index (κ3) is 7.07. The minimum absolute atomic E-state index is 0.0615. The zero-order valence-corrected chi connectivity index (χ0v) is 17.7. The molecule has 0 aliphatic carbocycles. The first-order valence-electron chi connectivity index (χ1n) is 9.47. The Morgan fingerprint density at radius 1 is 1.14 bits per heavy atom. The summed E-state index contributed by atoms with van der Waals surface area (Å²) < 4.78 is 44.7. The summed E-state index contributed by atoms with van der Waals surface area (Å²) in [7, 11) is 6.83. The average Bonchev–Trinajstić information content (AvgIpc) is 3.04. The minimum atomic E-state index is -4.72. The minimum Gasteiger partial charge on any atom is -0.756 e. The van der Waals surface area contributed by atoms with E-state index < -0.39 is 44.2 Å². The molecular formula is C16H29B2NO8P-. The maximum absolute atomic E-state index is 12.4. The van der Waals surface area contributed by atoms with Crippen molar-refractivity contribution in [1.29, 1.82) is 0 Å². The van der Waals surface area contributed by atoms with Crippen LogP contribution in [0.2, 0.25) is 0 Å². The lowest BCUT2D eigenvalue weighted by Crippen LogP contribution is -2.44. The van der Waals surface area contributed by atoms with Crippen LogP contribution in [0.1, 0.15) is 34.1 Å². The van der Waals surface area contributed by atoms with Crippen LogP contribution >= 0.6 is 7.82 Å². The molecule has 0 amide bonds. The second-order valence-electron chi connectivity index (χ2n) is 7.58. The highest BCUT2D eigenvalue weighted by Gasteiger charge is 2.43. The molecule has 2 aliphatic rings. The van der Waals surface area contributed by atoms with Crippen LogP contribution in [-0.2, 0) is 32.6 Å². The summed E-state index contributed by atoms with van der Waals surface area (Å²) >= 11 is 0. The van der Waals surface area contributed by atoms with Crippen LogP contribution in [0.5, 0.6) is 0 Å². The summed E-state index contributed by atoms with van der Waals surface area (Å²) in [6.07, 6.45) is -2.44. The van der Waals surface area contributed by atoms with Crippen molar-refractivity contribution in [2.45, 2.75) is 88.8 Å². The van der Waals surface area contributed by atoms with Crippen molar-refractivity contribution >= 4 is 23.5 Å². The Hall–Kier alpha value is 0.0399. The van der Waals surface area contributed by atoms with Crippen molar-refractivity contribution < 1.29 is 37.5 Å². The van der Waals surface area contributed by atoms with Gasteiger partial charge in [-0.3, -0.25) is 4.57 Å². The number of nitrogens with two attached hydrogens (primary N) is 1. The van der Waals surface area contributed by atoms with E-state index in [0.717, 1.165) is 0 Å². The average molecular weight is 416 g/mol. The van der Waals surface area contributed by atoms with Crippen LogP contribution < -0.4 is 10.6 Å². The lowest BCUT2D eigenvalue weighted by Gasteiger charge is -2.31. The predicted molar refractivity (Wildman–Crippen MR) is 101 cm³/mol. The number of hydrogen-bond donors (Lipinski definition) is 1. The molecule has 0 aromatic rings. The summed E-state index contributed by atoms with van der Waals surface area (Å²) in [4.78, 5) is 12.4. The SMILES string of the molecule is [B][C@@H]1O[C@H](COC(C)C)C(OP(=O)([O-])OC[C@H]2O[C@@H]([B])CC2OC(C)C)C1N. The predicted octanol–water partition coefficient (Wildman–Crippen LogP) is -0.421. The Morgan fingerprint density at radius 2 is 1.82 bits per heavy atom. The highest BCUT2D eigenvalue weighted by Crippen LogP contribution is 2.43. The Balaban J connectivity index is 1.93. The highest BCUT2D eigenvalue weighted by molar-refractivity contribution is 7.45. The number of hydrogen-bond acceptors (Lipinski definition) is 9. The molecule has 0 saturated carbocycles. The zero-order chi connectivity index (χ0) is 21.1. The second-order valence-corrected chi connectivity index (χ2v) is 8.95. The number of phosphoric ester groups is 1. The Bertz CT molecular complexity index is 543. The molecule has 158 valence electrons. The molecule has 28 heavy (non-hydrogen) atoms. The molecule has 4 unspecified atom stereocenters. The fourth-order valence-electron chi connectivity index (χ4n) is 3.10. The molecule has 2 heterocycles. The molecule has 0 bridgehead atoms. The van der Waals surface area contributed by atoms with E-state index in [9.17, 15) is 9.46 Å². The van der Waals surface area contributed by atoms with Gasteiger partial charge in [0.25, 0.3) is 7.82 Å². The molecule has 8 atom stereocenters. The fourth-order valence-corrected chi connectivity index (χ4v) is 4.06. The molecule has 0 spiro atoms. The smallest absolute Gasteiger partial charge is 0.268 e. The van der Waals surface area contributed by atoms with Crippen molar-refractivity contribution in [1.82, 2.24) is 0 Å². The first-order valence-corrected chi connectivity index (χ1v) is 10.9. The van der Waals surface area contributed by atoms with Gasteiger partial charge in [-0.1, -0.05) is 0 Å². The van der Waals surface area contributed by atoms with E-state index in [0.29, 0.717) is 6.42 Å². The first-order chi connectivity index (χ1) is 13.0. The third-order valence-electron chi connectivity index (χ3n) is 4.37. The monoisotopic (exact) mass is 416 g/mol. The Morgan fingerprint density at radius 3 is 2.43 bits per heavy atom. The van der Waals surface area contributed by atoms with Crippen molar-refractivity contribution in [3.8, 4) is 0 Å². The summed E-state index contributed by atoms with van der Waals surface area (Å²) in [6, 6.07) is -2.26. The molecule has 2 fully saturated rings. The van der Waals surface area contributed by atoms with Gasteiger partial charge < -0.3 is 38.6 Å². The molecule has 0 aromatic carbocycles. The van der Waals surface area contributed by atoms with Crippen LogP contribution in [0.15, 0.2) is 0 Å². The fraction of sp³-hybridized carbons (Fsp3) is 1.00. The molecule has 2 rings (SSSR count). The van der Waals surface area contributed by atoms with E-state index in [4.69, 9.17) is 49.4 Å². The van der Waals surface area contributed by atoms with Crippen LogP contribution in [-0.4, -0.2) is 83.6 Å². The van der Waals surface area contributed by atoms with E-state index in [-0.39, 0.29) is 31.5 Å². The number of rotatable bonds is 10. The number of phosphoric acid groups is 1. The van der Waals surface area contributed by atoms with E-state index in [1.165, 1.54) is 0 Å². The summed E-state index contributed by atoms with van der Waals surface area (Å²) in [5.41, 5.74) is 5.93. The molecule has 12 heteroatoms. The van der Waals surface area contributed by atoms with Gasteiger partial charge in [-0.05, 0) is 34.1 Å². The highest BCUT2D eigenvalue weighted by atomic mass is 31.2. The van der Waals surface area contributed by atoms with Gasteiger partial charge in [-0.15, -0.1) is 0 Å². The molecule has 2 saturated heterocycles. The molecular weight excluding hydrogens is 387 g/mol. The van der Waals surface area contributed by atoms with Crippen LogP contribution in [0.4, 0.5) is 0 Å². The van der Waals surface area contributed by atoms with Crippen molar-refractivity contribution in [3.05, 3.63) is 0 Å². The van der Waals surface area contributed by atoms with Gasteiger partial charge in [-0.2, -0.15) is 0 Å². The van der Waals surface area contributed by atoms with E-state index in [1.807, 2.05) is 27.7 Å². The molecule has 0 aromatic heterocycles. The van der Waals surface area contributed by atoms with Gasteiger partial charge in [0.2, 0.25) is 0 Å². The largest absolute Gasteiger partial charge is 0.756 e. The van der Waals surface area contributed by atoms with Crippen molar-refractivity contribution in [2.24, 2.45) is 5.73 Å². The summed E-state index contributed by atoms with van der Waals surface area (Å²) in [5.74, 6) is 0. The van der Waals surface area contributed by atoms with Gasteiger partial charge in [0, 0.05) is 12.0 Å². The Kier molecular flexibility index (Phi) is 9.01. The summed E-state index contributed by atoms with van der Waals surface area (Å²) in [6.45, 7) is 7.23. The zero-order valence-electron chi connectivity index (χ0n) is 16.8. The van der Waals surface area contributed by atoms with Crippen LogP contribution in [0.3, 0.4) is 0 Å². The maximum atomic E-state index is 12.4.